The summed E-state index contributed by atoms with van der Waals surface area (Å²) in [6.45, 7) is 5.20. The van der Waals surface area contributed by atoms with Crippen molar-refractivity contribution in [2.45, 2.75) is 13.8 Å². The molecule has 4 aromatic carbocycles. The monoisotopic (exact) mass is 644 g/mol. The summed E-state index contributed by atoms with van der Waals surface area (Å²) in [5.74, 6) is 1.28. The predicted molar refractivity (Wildman–Crippen MR) is 198 cm³/mol. The standard InChI is InChI=1S/C14H12.2C11H16N6/c1-3-7-13(8-4-1)11-12-14-9-5-2-6-10-14;2*1-2-16-15-10(13)9(12)11(14)17(16)8-6-4-3-5-7-8/h1-12H;2*3-7H,2,12,14H2,1H3,(H2,13,15). The molecule has 0 radical (unpaired) electrons. The second-order valence-electron chi connectivity index (χ2n) is 10.4. The maximum Gasteiger partial charge on any atom is 0.172 e. The Morgan fingerprint density at radius 3 is 1.04 bits per heavy atom. The van der Waals surface area contributed by atoms with Gasteiger partial charge in [0.2, 0.25) is 0 Å². The van der Waals surface area contributed by atoms with Gasteiger partial charge in [0.1, 0.15) is 11.4 Å². The molecule has 0 bridgehead atoms. The number of nitrogens with zero attached hydrogens (tertiary/aromatic N) is 6. The van der Waals surface area contributed by atoms with E-state index in [4.69, 9.17) is 34.4 Å². The maximum absolute atomic E-state index is 5.99. The van der Waals surface area contributed by atoms with Gasteiger partial charge in [0.15, 0.2) is 23.3 Å². The molecule has 2 heterocycles. The van der Waals surface area contributed by atoms with Crippen LogP contribution >= 0.6 is 0 Å². The molecule has 0 saturated heterocycles. The number of rotatable bonds is 6. The molecule has 0 atom stereocenters. The number of amidine groups is 2. The van der Waals surface area contributed by atoms with Crippen LogP contribution in [0, 0.1) is 0 Å². The van der Waals surface area contributed by atoms with E-state index in [0.29, 0.717) is 36.1 Å². The lowest BCUT2D eigenvalue weighted by atomic mass is 10.1. The zero-order valence-corrected chi connectivity index (χ0v) is 27.3. The van der Waals surface area contributed by atoms with E-state index in [1.165, 1.54) is 11.1 Å². The van der Waals surface area contributed by atoms with Crippen LogP contribution in [-0.2, 0) is 0 Å². The Kier molecular flexibility index (Phi) is 11.9. The molecule has 2 aliphatic rings. The Hall–Kier alpha value is -6.56. The van der Waals surface area contributed by atoms with Crippen molar-refractivity contribution in [1.29, 1.82) is 0 Å². The lowest BCUT2D eigenvalue weighted by molar-refractivity contribution is 0.289. The minimum absolute atomic E-state index is 0.247. The molecule has 0 spiro atoms. The van der Waals surface area contributed by atoms with Crippen LogP contribution in [0.15, 0.2) is 155 Å². The minimum atomic E-state index is 0.247. The highest BCUT2D eigenvalue weighted by Crippen LogP contribution is 2.24. The number of hydrazone groups is 2. The van der Waals surface area contributed by atoms with Gasteiger partial charge in [0.25, 0.3) is 0 Å². The van der Waals surface area contributed by atoms with E-state index in [-0.39, 0.29) is 11.7 Å². The summed E-state index contributed by atoms with van der Waals surface area (Å²) in [6.07, 6.45) is 4.24. The van der Waals surface area contributed by atoms with Gasteiger partial charge >= 0.3 is 0 Å². The molecule has 12 N–H and O–H groups in total. The van der Waals surface area contributed by atoms with E-state index in [1.807, 2.05) is 111 Å². The number of nitrogens with two attached hydrogens (primary N) is 6. The van der Waals surface area contributed by atoms with Crippen LogP contribution in [0.4, 0.5) is 11.4 Å². The van der Waals surface area contributed by atoms with Crippen LogP contribution < -0.4 is 44.4 Å². The summed E-state index contributed by atoms with van der Waals surface area (Å²) >= 11 is 0. The van der Waals surface area contributed by atoms with Gasteiger partial charge in [-0.25, -0.2) is 10.0 Å². The number of hydrazine groups is 2. The van der Waals surface area contributed by atoms with Crippen LogP contribution in [0.2, 0.25) is 0 Å². The fourth-order valence-electron chi connectivity index (χ4n) is 4.61. The van der Waals surface area contributed by atoms with Crippen molar-refractivity contribution in [1.82, 2.24) is 10.2 Å². The second-order valence-corrected chi connectivity index (χ2v) is 10.4. The summed E-state index contributed by atoms with van der Waals surface area (Å²) in [5, 5.41) is 15.2. The molecule has 12 nitrogen and oxygen atoms in total. The zero-order valence-electron chi connectivity index (χ0n) is 27.3. The molecule has 0 aromatic heterocycles. The molecule has 0 aliphatic carbocycles. The van der Waals surface area contributed by atoms with Gasteiger partial charge in [-0.2, -0.15) is 10.2 Å². The third kappa shape index (κ3) is 8.57. The number of anilines is 2. The van der Waals surface area contributed by atoms with Gasteiger partial charge in [0.05, 0.1) is 24.5 Å². The molecular weight excluding hydrogens is 600 g/mol. The number of para-hydroxylation sites is 2. The molecular formula is C36H44N12. The van der Waals surface area contributed by atoms with E-state index in [2.05, 4.69) is 46.6 Å². The Balaban J connectivity index is 0.000000163. The van der Waals surface area contributed by atoms with Crippen LogP contribution in [0.25, 0.3) is 12.2 Å². The van der Waals surface area contributed by atoms with Crippen molar-refractivity contribution >= 4 is 35.2 Å². The Morgan fingerprint density at radius 2 is 0.750 bits per heavy atom. The van der Waals surface area contributed by atoms with Crippen molar-refractivity contribution < 1.29 is 0 Å². The molecule has 4 aromatic rings. The van der Waals surface area contributed by atoms with Crippen LogP contribution in [-0.4, -0.2) is 35.0 Å². The fourth-order valence-corrected chi connectivity index (χ4v) is 4.61. The van der Waals surface area contributed by atoms with E-state index >= 15 is 0 Å². The first-order chi connectivity index (χ1) is 23.2. The lowest BCUT2D eigenvalue weighted by Crippen LogP contribution is -2.49. The Labute approximate surface area is 282 Å². The van der Waals surface area contributed by atoms with Crippen molar-refractivity contribution in [2.24, 2.45) is 44.6 Å². The molecule has 0 amide bonds. The van der Waals surface area contributed by atoms with Crippen molar-refractivity contribution in [2.75, 3.05) is 23.1 Å². The van der Waals surface area contributed by atoms with Crippen LogP contribution in [0.5, 0.6) is 0 Å². The number of benzene rings is 4. The normalized spacial score (nSPS) is 14.5. The predicted octanol–water partition coefficient (Wildman–Crippen LogP) is 4.06. The largest absolute Gasteiger partial charge is 0.393 e. The van der Waals surface area contributed by atoms with E-state index < -0.39 is 0 Å². The van der Waals surface area contributed by atoms with Gasteiger partial charge in [-0.1, -0.05) is 109 Å². The van der Waals surface area contributed by atoms with Crippen molar-refractivity contribution in [3.63, 3.8) is 0 Å². The molecule has 0 saturated carbocycles. The molecule has 2 aliphatic heterocycles. The third-order valence-corrected chi connectivity index (χ3v) is 7.10. The van der Waals surface area contributed by atoms with Crippen LogP contribution in [0.1, 0.15) is 25.0 Å². The highest BCUT2D eigenvalue weighted by Gasteiger charge is 2.25. The molecule has 0 fully saturated rings. The van der Waals surface area contributed by atoms with E-state index in [1.54, 1.807) is 20.3 Å². The van der Waals surface area contributed by atoms with E-state index in [9.17, 15) is 0 Å². The van der Waals surface area contributed by atoms with Crippen molar-refractivity contribution in [3.05, 3.63) is 155 Å². The van der Waals surface area contributed by atoms with Crippen LogP contribution in [0.3, 0.4) is 0 Å². The summed E-state index contributed by atoms with van der Waals surface area (Å²) in [6, 6.07) is 39.9. The first-order valence-corrected chi connectivity index (χ1v) is 15.5. The first kappa shape index (κ1) is 34.3. The van der Waals surface area contributed by atoms with Gasteiger partial charge in [-0.05, 0) is 49.2 Å². The quantitative estimate of drug-likeness (QED) is 0.167. The molecule has 48 heavy (non-hydrogen) atoms. The fraction of sp³-hybridized carbons (Fsp3) is 0.111. The summed E-state index contributed by atoms with van der Waals surface area (Å²) in [4.78, 5) is 0. The number of hydrogen-bond acceptors (Lipinski definition) is 12. The second kappa shape index (κ2) is 16.7. The lowest BCUT2D eigenvalue weighted by Gasteiger charge is -2.37. The summed E-state index contributed by atoms with van der Waals surface area (Å²) in [7, 11) is 0. The Morgan fingerprint density at radius 1 is 0.458 bits per heavy atom. The molecule has 12 heteroatoms. The highest BCUT2D eigenvalue weighted by molar-refractivity contribution is 5.98. The topological polar surface area (TPSA) is 194 Å². The number of hydrogen-bond donors (Lipinski definition) is 6. The molecule has 6 rings (SSSR count). The van der Waals surface area contributed by atoms with Gasteiger partial charge in [-0.3, -0.25) is 0 Å². The Bertz CT molecular complexity index is 1620. The SMILES string of the molecule is C(=Cc1ccccc1)c1ccccc1.CCN1N=C(N)C(N)=C(N)N1c1ccccc1.CCN1N=C(N)C(N)=C(N)N1c1ccccc1. The highest BCUT2D eigenvalue weighted by atomic mass is 15.8. The maximum atomic E-state index is 5.99. The van der Waals surface area contributed by atoms with E-state index in [0.717, 1.165) is 11.4 Å². The average Bonchev–Trinajstić information content (AvgIpc) is 3.13. The van der Waals surface area contributed by atoms with Crippen molar-refractivity contribution in [3.8, 4) is 0 Å². The third-order valence-electron chi connectivity index (χ3n) is 7.10. The summed E-state index contributed by atoms with van der Waals surface area (Å²) < 4.78 is 0. The first-order valence-electron chi connectivity index (χ1n) is 15.5. The molecule has 248 valence electrons. The smallest absolute Gasteiger partial charge is 0.172 e. The summed E-state index contributed by atoms with van der Waals surface area (Å²) in [5.41, 5.74) is 39.8. The van der Waals surface area contributed by atoms with Gasteiger partial charge in [-0.15, -0.1) is 10.2 Å². The molecule has 0 unspecified atom stereocenters. The zero-order chi connectivity index (χ0) is 34.5. The minimum Gasteiger partial charge on any atom is -0.393 e. The van der Waals surface area contributed by atoms with Gasteiger partial charge in [0, 0.05) is 0 Å². The van der Waals surface area contributed by atoms with Gasteiger partial charge < -0.3 is 34.4 Å². The average molecular weight is 645 g/mol.